The van der Waals surface area contributed by atoms with Gasteiger partial charge >= 0.3 is 0 Å². The summed E-state index contributed by atoms with van der Waals surface area (Å²) >= 11 is 0. The van der Waals surface area contributed by atoms with Crippen LogP contribution in [0.3, 0.4) is 0 Å². The molecule has 1 aromatic carbocycles. The highest BCUT2D eigenvalue weighted by atomic mass is 16.2. The third kappa shape index (κ3) is 4.47. The van der Waals surface area contributed by atoms with E-state index >= 15 is 0 Å². The smallest absolute Gasteiger partial charge is 0.253 e. The molecule has 1 aliphatic rings. The molecular formula is C18H27N3O2. The zero-order chi connectivity index (χ0) is 16.8. The van der Waals surface area contributed by atoms with Crippen molar-refractivity contribution >= 4 is 17.5 Å². The average Bonchev–Trinajstić information content (AvgIpc) is 2.59. The van der Waals surface area contributed by atoms with Crippen molar-refractivity contribution in [2.24, 2.45) is 5.92 Å². The molecular weight excluding hydrogens is 290 g/mol. The van der Waals surface area contributed by atoms with Crippen LogP contribution in [0.5, 0.6) is 0 Å². The Morgan fingerprint density at radius 3 is 2.83 bits per heavy atom. The van der Waals surface area contributed by atoms with Crippen LogP contribution in [0.25, 0.3) is 0 Å². The number of carbonyl (C=O) groups is 2. The van der Waals surface area contributed by atoms with Crippen LogP contribution in [0.1, 0.15) is 36.5 Å². The van der Waals surface area contributed by atoms with Gasteiger partial charge in [0, 0.05) is 45.0 Å². The number of rotatable bonds is 5. The van der Waals surface area contributed by atoms with Crippen molar-refractivity contribution in [3.05, 3.63) is 29.8 Å². The van der Waals surface area contributed by atoms with E-state index in [4.69, 9.17) is 0 Å². The summed E-state index contributed by atoms with van der Waals surface area (Å²) in [6.45, 7) is 3.98. The van der Waals surface area contributed by atoms with Gasteiger partial charge in [0.15, 0.2) is 0 Å². The fraction of sp³-hybridized carbons (Fsp3) is 0.556. The number of likely N-dealkylation sites (tertiary alicyclic amines) is 1. The Kier molecular flexibility index (Phi) is 6.02. The first-order valence-electron chi connectivity index (χ1n) is 8.37. The van der Waals surface area contributed by atoms with Gasteiger partial charge in [-0.15, -0.1) is 0 Å². The molecule has 126 valence electrons. The number of carbonyl (C=O) groups excluding carboxylic acids is 2. The van der Waals surface area contributed by atoms with E-state index in [0.717, 1.165) is 31.5 Å². The van der Waals surface area contributed by atoms with Crippen molar-refractivity contribution in [1.29, 1.82) is 0 Å². The minimum Gasteiger partial charge on any atom is -0.378 e. The lowest BCUT2D eigenvalue weighted by Gasteiger charge is -2.32. The van der Waals surface area contributed by atoms with E-state index in [1.165, 1.54) is 0 Å². The molecule has 0 aromatic heterocycles. The minimum absolute atomic E-state index is 0.0155. The zero-order valence-corrected chi connectivity index (χ0v) is 14.3. The van der Waals surface area contributed by atoms with Crippen LogP contribution in [0.15, 0.2) is 24.3 Å². The van der Waals surface area contributed by atoms with Crippen LogP contribution in [0.2, 0.25) is 0 Å². The Hall–Kier alpha value is -2.04. The Labute approximate surface area is 138 Å². The molecule has 5 heteroatoms. The molecule has 1 N–H and O–H groups in total. The largest absolute Gasteiger partial charge is 0.378 e. The predicted octanol–water partition coefficient (Wildman–Crippen LogP) is 2.13. The molecule has 0 aliphatic carbocycles. The lowest BCUT2D eigenvalue weighted by atomic mass is 9.96. The van der Waals surface area contributed by atoms with E-state index in [1.54, 1.807) is 0 Å². The van der Waals surface area contributed by atoms with Crippen molar-refractivity contribution < 1.29 is 9.59 Å². The summed E-state index contributed by atoms with van der Waals surface area (Å²) < 4.78 is 0. The lowest BCUT2D eigenvalue weighted by molar-refractivity contribution is -0.126. The van der Waals surface area contributed by atoms with Gasteiger partial charge < -0.3 is 15.1 Å². The quantitative estimate of drug-likeness (QED) is 0.905. The fourth-order valence-corrected chi connectivity index (χ4v) is 2.87. The van der Waals surface area contributed by atoms with Crippen LogP contribution in [-0.2, 0) is 4.79 Å². The summed E-state index contributed by atoms with van der Waals surface area (Å²) in [7, 11) is 3.91. The van der Waals surface area contributed by atoms with Crippen LogP contribution < -0.4 is 10.2 Å². The first-order valence-corrected chi connectivity index (χ1v) is 8.37. The molecule has 1 aromatic rings. The van der Waals surface area contributed by atoms with E-state index in [0.29, 0.717) is 18.7 Å². The number of nitrogens with one attached hydrogen (secondary N) is 1. The maximum Gasteiger partial charge on any atom is 0.253 e. The highest BCUT2D eigenvalue weighted by Crippen LogP contribution is 2.21. The Morgan fingerprint density at radius 2 is 2.13 bits per heavy atom. The molecule has 1 saturated heterocycles. The third-order valence-electron chi connectivity index (χ3n) is 4.24. The first kappa shape index (κ1) is 17.3. The summed E-state index contributed by atoms with van der Waals surface area (Å²) in [6, 6.07) is 7.63. The number of hydrogen-bond donors (Lipinski definition) is 1. The first-order chi connectivity index (χ1) is 11.0. The summed E-state index contributed by atoms with van der Waals surface area (Å²) in [4.78, 5) is 28.7. The monoisotopic (exact) mass is 317 g/mol. The predicted molar refractivity (Wildman–Crippen MR) is 92.7 cm³/mol. The van der Waals surface area contributed by atoms with Gasteiger partial charge in [-0.25, -0.2) is 0 Å². The second-order valence-corrected chi connectivity index (χ2v) is 6.33. The van der Waals surface area contributed by atoms with Gasteiger partial charge in [-0.05, 0) is 37.5 Å². The molecule has 1 atom stereocenters. The molecule has 23 heavy (non-hydrogen) atoms. The van der Waals surface area contributed by atoms with Crippen molar-refractivity contribution in [3.8, 4) is 0 Å². The third-order valence-corrected chi connectivity index (χ3v) is 4.24. The van der Waals surface area contributed by atoms with Crippen molar-refractivity contribution in [2.75, 3.05) is 38.6 Å². The van der Waals surface area contributed by atoms with Crippen LogP contribution in [0, 0.1) is 5.92 Å². The molecule has 0 radical (unpaired) electrons. The van der Waals surface area contributed by atoms with Gasteiger partial charge in [-0.2, -0.15) is 0 Å². The number of benzene rings is 1. The molecule has 5 nitrogen and oxygen atoms in total. The Morgan fingerprint density at radius 1 is 1.35 bits per heavy atom. The maximum atomic E-state index is 12.7. The average molecular weight is 317 g/mol. The summed E-state index contributed by atoms with van der Waals surface area (Å²) in [5, 5.41) is 2.94. The highest BCUT2D eigenvalue weighted by molar-refractivity contribution is 5.95. The highest BCUT2D eigenvalue weighted by Gasteiger charge is 2.28. The van der Waals surface area contributed by atoms with Gasteiger partial charge in [0.1, 0.15) is 0 Å². The van der Waals surface area contributed by atoms with Crippen LogP contribution in [-0.4, -0.2) is 50.4 Å². The molecule has 1 heterocycles. The van der Waals surface area contributed by atoms with Gasteiger partial charge in [-0.1, -0.05) is 13.0 Å². The Balaban J connectivity index is 2.04. The van der Waals surface area contributed by atoms with Crippen LogP contribution >= 0.6 is 0 Å². The topological polar surface area (TPSA) is 52.7 Å². The summed E-state index contributed by atoms with van der Waals surface area (Å²) in [6.07, 6.45) is 2.67. The number of hydrogen-bond acceptors (Lipinski definition) is 3. The summed E-state index contributed by atoms with van der Waals surface area (Å²) in [5.41, 5.74) is 1.69. The zero-order valence-electron chi connectivity index (χ0n) is 14.3. The number of amides is 2. The van der Waals surface area contributed by atoms with Crippen molar-refractivity contribution in [3.63, 3.8) is 0 Å². The molecule has 2 rings (SSSR count). The van der Waals surface area contributed by atoms with Gasteiger partial charge in [-0.3, -0.25) is 9.59 Å². The standard InChI is InChI=1S/C18H27N3O2/c1-4-10-19-17(22)15-8-6-11-21(13-15)18(23)14-7-5-9-16(12-14)20(2)3/h5,7,9,12,15H,4,6,8,10-11,13H2,1-3H3,(H,19,22)/t15-/m0/s1. The lowest BCUT2D eigenvalue weighted by Crippen LogP contribution is -2.45. The van der Waals surface area contributed by atoms with E-state index in [2.05, 4.69) is 5.32 Å². The molecule has 1 aliphatic heterocycles. The minimum atomic E-state index is -0.0868. The van der Waals surface area contributed by atoms with Crippen molar-refractivity contribution in [2.45, 2.75) is 26.2 Å². The SMILES string of the molecule is CCCNC(=O)[C@H]1CCCN(C(=O)c2cccc(N(C)C)c2)C1. The Bertz CT molecular complexity index is 557. The van der Waals surface area contributed by atoms with Gasteiger partial charge in [0.25, 0.3) is 5.91 Å². The van der Waals surface area contributed by atoms with E-state index in [9.17, 15) is 9.59 Å². The fourth-order valence-electron chi connectivity index (χ4n) is 2.87. The summed E-state index contributed by atoms with van der Waals surface area (Å²) in [5.74, 6) is 0.00404. The molecule has 0 saturated carbocycles. The second kappa shape index (κ2) is 7.99. The maximum absolute atomic E-state index is 12.7. The molecule has 0 unspecified atom stereocenters. The molecule has 0 bridgehead atoms. The molecule has 2 amide bonds. The normalized spacial score (nSPS) is 17.7. The molecule has 1 fully saturated rings. The van der Waals surface area contributed by atoms with Gasteiger partial charge in [0.05, 0.1) is 5.92 Å². The van der Waals surface area contributed by atoms with Crippen LogP contribution in [0.4, 0.5) is 5.69 Å². The number of nitrogens with zero attached hydrogens (tertiary/aromatic N) is 2. The number of piperidine rings is 1. The van der Waals surface area contributed by atoms with E-state index in [1.807, 2.05) is 55.1 Å². The molecule has 0 spiro atoms. The number of anilines is 1. The van der Waals surface area contributed by atoms with Gasteiger partial charge in [0.2, 0.25) is 5.91 Å². The van der Waals surface area contributed by atoms with Crippen molar-refractivity contribution in [1.82, 2.24) is 10.2 Å². The van der Waals surface area contributed by atoms with E-state index < -0.39 is 0 Å². The van der Waals surface area contributed by atoms with E-state index in [-0.39, 0.29) is 17.7 Å². The second-order valence-electron chi connectivity index (χ2n) is 6.33.